The molecule has 0 fully saturated rings. The maximum atomic E-state index is 15.0. The zero-order chi connectivity index (χ0) is 31.8. The summed E-state index contributed by atoms with van der Waals surface area (Å²) in [5, 5.41) is 2.79. The molecule has 4 aromatic rings. The van der Waals surface area contributed by atoms with Gasteiger partial charge < -0.3 is 19.7 Å². The second-order valence-corrected chi connectivity index (χ2v) is 12.2. The first-order valence-electron chi connectivity index (χ1n) is 14.6. The second-order valence-electron chi connectivity index (χ2n) is 10.4. The lowest BCUT2D eigenvalue weighted by Crippen LogP contribution is -2.53. The largest absolute Gasteiger partial charge is 0.486 e. The van der Waals surface area contributed by atoms with Crippen molar-refractivity contribution >= 4 is 27.5 Å². The molecule has 1 aliphatic rings. The van der Waals surface area contributed by atoms with Crippen LogP contribution >= 0.6 is 0 Å². The SMILES string of the molecule is CCNC(=O)[C@H](Cc1ccccc1)N(Cc1ccccc1F)C(=O)CN(c1ccc2c(c1)OCCO2)S(=O)(=O)c1ccccc1. The van der Waals surface area contributed by atoms with Crippen LogP contribution in [-0.4, -0.2) is 57.5 Å². The van der Waals surface area contributed by atoms with Crippen molar-refractivity contribution in [3.63, 3.8) is 0 Å². The molecule has 1 N–H and O–H groups in total. The molecular weight excluding hydrogens is 597 g/mol. The van der Waals surface area contributed by atoms with Gasteiger partial charge in [-0.25, -0.2) is 12.8 Å². The Kier molecular flexibility index (Phi) is 9.99. The molecule has 9 nitrogen and oxygen atoms in total. The van der Waals surface area contributed by atoms with E-state index in [4.69, 9.17) is 9.47 Å². The Balaban J connectivity index is 1.58. The van der Waals surface area contributed by atoms with E-state index in [1.54, 1.807) is 37.3 Å². The summed E-state index contributed by atoms with van der Waals surface area (Å²) in [4.78, 5) is 29.2. The normalized spacial score (nSPS) is 13.0. The minimum atomic E-state index is -4.29. The van der Waals surface area contributed by atoms with Gasteiger partial charge in [0, 0.05) is 31.1 Å². The van der Waals surface area contributed by atoms with Crippen molar-refractivity contribution in [2.24, 2.45) is 0 Å². The summed E-state index contributed by atoms with van der Waals surface area (Å²) < 4.78 is 55.5. The molecule has 0 aromatic heterocycles. The van der Waals surface area contributed by atoms with Crippen LogP contribution in [0, 0.1) is 5.82 Å². The van der Waals surface area contributed by atoms with Crippen LogP contribution in [0.25, 0.3) is 0 Å². The average Bonchev–Trinajstić information content (AvgIpc) is 3.06. The molecule has 1 heterocycles. The molecule has 0 radical (unpaired) electrons. The molecule has 0 saturated heterocycles. The topological polar surface area (TPSA) is 105 Å². The second kappa shape index (κ2) is 14.3. The van der Waals surface area contributed by atoms with E-state index in [2.05, 4.69) is 5.32 Å². The van der Waals surface area contributed by atoms with Crippen LogP contribution in [0.3, 0.4) is 0 Å². The van der Waals surface area contributed by atoms with Gasteiger partial charge in [-0.05, 0) is 42.8 Å². The number of benzene rings is 4. The fourth-order valence-corrected chi connectivity index (χ4v) is 6.52. The van der Waals surface area contributed by atoms with Crippen molar-refractivity contribution in [1.82, 2.24) is 10.2 Å². The number of rotatable bonds is 12. The quantitative estimate of drug-likeness (QED) is 0.246. The summed E-state index contributed by atoms with van der Waals surface area (Å²) in [6.07, 6.45) is 0.127. The minimum absolute atomic E-state index is 0.0297. The standard InChI is InChI=1S/C34H34FN3O6S/c1-2-36-34(40)30(21-25-11-5-3-6-12-25)37(23-26-13-9-10-16-29(26)35)33(39)24-38(45(41,42)28-14-7-4-8-15-28)27-17-18-31-32(22-27)44-20-19-43-31/h3-18,22,30H,2,19-21,23-24H2,1H3,(H,36,40)/t30-/m0/s1. The van der Waals surface area contributed by atoms with E-state index in [-0.39, 0.29) is 35.7 Å². The van der Waals surface area contributed by atoms with Crippen LogP contribution in [0.5, 0.6) is 11.5 Å². The van der Waals surface area contributed by atoms with Gasteiger partial charge in [0.25, 0.3) is 10.0 Å². The van der Waals surface area contributed by atoms with E-state index >= 15 is 0 Å². The molecule has 2 amide bonds. The van der Waals surface area contributed by atoms with Crippen molar-refractivity contribution in [3.8, 4) is 11.5 Å². The predicted octanol–water partition coefficient (Wildman–Crippen LogP) is 4.57. The molecule has 1 aliphatic heterocycles. The Morgan fingerprint density at radius 1 is 0.867 bits per heavy atom. The van der Waals surface area contributed by atoms with Gasteiger partial charge in [-0.2, -0.15) is 0 Å². The number of nitrogens with one attached hydrogen (secondary N) is 1. The summed E-state index contributed by atoms with van der Waals surface area (Å²) >= 11 is 0. The molecule has 11 heteroatoms. The van der Waals surface area contributed by atoms with E-state index in [0.717, 1.165) is 9.87 Å². The third kappa shape index (κ3) is 7.43. The minimum Gasteiger partial charge on any atom is -0.486 e. The van der Waals surface area contributed by atoms with Gasteiger partial charge in [0.2, 0.25) is 11.8 Å². The van der Waals surface area contributed by atoms with E-state index in [9.17, 15) is 22.4 Å². The van der Waals surface area contributed by atoms with Crippen LogP contribution in [0.15, 0.2) is 108 Å². The van der Waals surface area contributed by atoms with Crippen LogP contribution < -0.4 is 19.1 Å². The molecule has 0 bridgehead atoms. The number of anilines is 1. The molecule has 234 valence electrons. The number of carbonyl (C=O) groups is 2. The highest BCUT2D eigenvalue weighted by molar-refractivity contribution is 7.92. The lowest BCUT2D eigenvalue weighted by Gasteiger charge is -2.34. The smallest absolute Gasteiger partial charge is 0.264 e. The van der Waals surface area contributed by atoms with Gasteiger partial charge >= 0.3 is 0 Å². The first-order chi connectivity index (χ1) is 21.8. The predicted molar refractivity (Wildman–Crippen MR) is 168 cm³/mol. The molecule has 0 spiro atoms. The van der Waals surface area contributed by atoms with Gasteiger partial charge in [-0.3, -0.25) is 13.9 Å². The third-order valence-corrected chi connectivity index (χ3v) is 9.13. The fraction of sp³-hybridized carbons (Fsp3) is 0.235. The highest BCUT2D eigenvalue weighted by atomic mass is 32.2. The number of ether oxygens (including phenoxy) is 2. The van der Waals surface area contributed by atoms with Crippen molar-refractivity contribution < 1.29 is 31.9 Å². The Morgan fingerprint density at radius 3 is 2.20 bits per heavy atom. The lowest BCUT2D eigenvalue weighted by molar-refractivity contribution is -0.140. The molecule has 5 rings (SSSR count). The number of sulfonamides is 1. The fourth-order valence-electron chi connectivity index (χ4n) is 5.09. The highest BCUT2D eigenvalue weighted by Gasteiger charge is 2.35. The first kappa shape index (κ1) is 31.5. The maximum absolute atomic E-state index is 15.0. The number of amides is 2. The number of hydrogen-bond donors (Lipinski definition) is 1. The van der Waals surface area contributed by atoms with Crippen LogP contribution in [0.1, 0.15) is 18.1 Å². The van der Waals surface area contributed by atoms with Gasteiger partial charge in [0.15, 0.2) is 11.5 Å². The summed E-state index contributed by atoms with van der Waals surface area (Å²) in [6, 6.07) is 26.4. The Labute approximate surface area is 262 Å². The first-order valence-corrected chi connectivity index (χ1v) is 16.0. The van der Waals surface area contributed by atoms with Crippen molar-refractivity contribution in [1.29, 1.82) is 0 Å². The molecule has 45 heavy (non-hydrogen) atoms. The number of likely N-dealkylation sites (N-methyl/N-ethyl adjacent to an activating group) is 1. The molecule has 0 saturated carbocycles. The molecular formula is C34H34FN3O6S. The zero-order valence-corrected chi connectivity index (χ0v) is 25.6. The van der Waals surface area contributed by atoms with Crippen LogP contribution in [0.4, 0.5) is 10.1 Å². The van der Waals surface area contributed by atoms with Crippen LogP contribution in [-0.2, 0) is 32.6 Å². The number of hydrogen-bond acceptors (Lipinski definition) is 6. The Morgan fingerprint density at radius 2 is 1.51 bits per heavy atom. The molecule has 4 aromatic carbocycles. The van der Waals surface area contributed by atoms with Gasteiger partial charge in [-0.1, -0.05) is 66.7 Å². The Hall–Kier alpha value is -4.90. The molecule has 0 aliphatic carbocycles. The van der Waals surface area contributed by atoms with E-state index in [1.807, 2.05) is 30.3 Å². The number of nitrogens with zero attached hydrogens (tertiary/aromatic N) is 2. The lowest BCUT2D eigenvalue weighted by atomic mass is 10.0. The molecule has 1 atom stereocenters. The zero-order valence-electron chi connectivity index (χ0n) is 24.8. The van der Waals surface area contributed by atoms with Crippen molar-refractivity contribution in [2.75, 3.05) is 30.6 Å². The maximum Gasteiger partial charge on any atom is 0.264 e. The number of fused-ring (bicyclic) bond motifs is 1. The van der Waals surface area contributed by atoms with E-state index in [1.165, 1.54) is 47.4 Å². The number of halogens is 1. The van der Waals surface area contributed by atoms with Crippen molar-refractivity contribution in [3.05, 3.63) is 120 Å². The van der Waals surface area contributed by atoms with E-state index in [0.29, 0.717) is 24.7 Å². The highest BCUT2D eigenvalue weighted by Crippen LogP contribution is 2.36. The summed E-state index contributed by atoms with van der Waals surface area (Å²) in [6.45, 7) is 1.76. The van der Waals surface area contributed by atoms with E-state index < -0.39 is 40.2 Å². The van der Waals surface area contributed by atoms with Crippen LogP contribution in [0.2, 0.25) is 0 Å². The monoisotopic (exact) mass is 631 g/mol. The summed E-state index contributed by atoms with van der Waals surface area (Å²) in [7, 11) is -4.29. The number of carbonyl (C=O) groups excluding carboxylic acids is 2. The Bertz CT molecular complexity index is 1740. The van der Waals surface area contributed by atoms with Crippen molar-refractivity contribution in [2.45, 2.75) is 30.8 Å². The molecule has 0 unspecified atom stereocenters. The van der Waals surface area contributed by atoms with Gasteiger partial charge in [0.05, 0.1) is 10.6 Å². The van der Waals surface area contributed by atoms with Gasteiger partial charge in [0.1, 0.15) is 31.6 Å². The third-order valence-electron chi connectivity index (χ3n) is 7.34. The summed E-state index contributed by atoms with van der Waals surface area (Å²) in [5.74, 6) is -0.895. The van der Waals surface area contributed by atoms with Gasteiger partial charge in [-0.15, -0.1) is 0 Å². The average molecular weight is 632 g/mol. The summed E-state index contributed by atoms with van der Waals surface area (Å²) in [5.41, 5.74) is 1.13.